The number of thiazole rings is 1. The summed E-state index contributed by atoms with van der Waals surface area (Å²) in [6.07, 6.45) is 0. The Labute approximate surface area is 200 Å². The largest absolute Gasteiger partial charge is 0.496 e. The van der Waals surface area contributed by atoms with E-state index in [0.29, 0.717) is 17.9 Å². The smallest absolute Gasteiger partial charge is 0.338 e. The fraction of sp³-hybridized carbons (Fsp3) is 0.160. The molecule has 0 saturated heterocycles. The molecular formula is C25H22N2O4S2. The second-order valence-corrected chi connectivity index (χ2v) is 9.35. The number of carbonyl (C=O) groups excluding carboxylic acids is 2. The molecule has 0 unspecified atom stereocenters. The van der Waals surface area contributed by atoms with Gasteiger partial charge in [0.2, 0.25) is 0 Å². The number of esters is 1. The van der Waals surface area contributed by atoms with E-state index < -0.39 is 5.97 Å². The Hall–Kier alpha value is -3.36. The fourth-order valence-electron chi connectivity index (χ4n) is 3.10. The van der Waals surface area contributed by atoms with Gasteiger partial charge < -0.3 is 14.8 Å². The average Bonchev–Trinajstić information content (AvgIpc) is 3.28. The van der Waals surface area contributed by atoms with Gasteiger partial charge in [0.05, 0.1) is 22.9 Å². The van der Waals surface area contributed by atoms with Gasteiger partial charge in [0.15, 0.2) is 10.9 Å². The Kier molecular flexibility index (Phi) is 7.59. The van der Waals surface area contributed by atoms with Crippen molar-refractivity contribution in [3.8, 4) is 5.75 Å². The van der Waals surface area contributed by atoms with Gasteiger partial charge in [-0.15, -0.1) is 11.3 Å². The molecule has 33 heavy (non-hydrogen) atoms. The third-order valence-electron chi connectivity index (χ3n) is 4.83. The summed E-state index contributed by atoms with van der Waals surface area (Å²) in [5.74, 6) is 0.530. The summed E-state index contributed by atoms with van der Waals surface area (Å²) in [5, 5.41) is 2.73. The van der Waals surface area contributed by atoms with E-state index >= 15 is 0 Å². The van der Waals surface area contributed by atoms with Crippen molar-refractivity contribution in [2.24, 2.45) is 0 Å². The number of carbonyl (C=O) groups is 2. The van der Waals surface area contributed by atoms with E-state index in [1.165, 1.54) is 4.70 Å². The molecule has 6 nitrogen and oxygen atoms in total. The molecular weight excluding hydrogens is 456 g/mol. The van der Waals surface area contributed by atoms with E-state index in [0.717, 1.165) is 26.7 Å². The van der Waals surface area contributed by atoms with Crippen LogP contribution in [0.25, 0.3) is 10.2 Å². The van der Waals surface area contributed by atoms with Crippen molar-refractivity contribution in [2.45, 2.75) is 16.6 Å². The predicted octanol–water partition coefficient (Wildman–Crippen LogP) is 5.07. The standard InChI is InChI=1S/C25H22N2O4S2/c1-30-21-8-4-2-6-19(21)14-26-23(28)15-31-24(29)18-12-10-17(11-13-18)16-32-25-27-20-7-3-5-9-22(20)33-25/h2-13H,14-16H2,1H3,(H,26,28). The Morgan fingerprint density at radius 1 is 1.00 bits per heavy atom. The molecule has 0 spiro atoms. The zero-order valence-corrected chi connectivity index (χ0v) is 19.6. The van der Waals surface area contributed by atoms with Crippen LogP contribution in [0.1, 0.15) is 21.5 Å². The van der Waals surface area contributed by atoms with Crippen LogP contribution in [0, 0.1) is 0 Å². The maximum absolute atomic E-state index is 12.3. The first-order valence-electron chi connectivity index (χ1n) is 10.3. The third-order valence-corrected chi connectivity index (χ3v) is 7.08. The maximum atomic E-state index is 12.3. The van der Waals surface area contributed by atoms with Crippen molar-refractivity contribution in [3.63, 3.8) is 0 Å². The lowest BCUT2D eigenvalue weighted by molar-refractivity contribution is -0.124. The maximum Gasteiger partial charge on any atom is 0.338 e. The summed E-state index contributed by atoms with van der Waals surface area (Å²) in [6, 6.07) is 22.7. The zero-order valence-electron chi connectivity index (χ0n) is 17.9. The first kappa shape index (κ1) is 22.8. The van der Waals surface area contributed by atoms with Crippen LogP contribution >= 0.6 is 23.1 Å². The van der Waals surface area contributed by atoms with Crippen LogP contribution in [0.3, 0.4) is 0 Å². The van der Waals surface area contributed by atoms with Crippen LogP contribution in [-0.2, 0) is 21.8 Å². The Balaban J connectivity index is 1.23. The minimum atomic E-state index is -0.534. The predicted molar refractivity (Wildman–Crippen MR) is 131 cm³/mol. The van der Waals surface area contributed by atoms with Gasteiger partial charge in [-0.25, -0.2) is 9.78 Å². The monoisotopic (exact) mass is 478 g/mol. The lowest BCUT2D eigenvalue weighted by Crippen LogP contribution is -2.28. The first-order valence-corrected chi connectivity index (χ1v) is 12.1. The molecule has 1 amide bonds. The van der Waals surface area contributed by atoms with E-state index in [1.807, 2.05) is 54.6 Å². The molecule has 1 N–H and O–H groups in total. The molecule has 3 aromatic carbocycles. The average molecular weight is 479 g/mol. The number of ether oxygens (including phenoxy) is 2. The molecule has 0 fully saturated rings. The van der Waals surface area contributed by atoms with Crippen molar-refractivity contribution in [3.05, 3.63) is 89.5 Å². The van der Waals surface area contributed by atoms with E-state index in [1.54, 1.807) is 42.3 Å². The van der Waals surface area contributed by atoms with Gasteiger partial charge in [0, 0.05) is 17.9 Å². The van der Waals surface area contributed by atoms with Gasteiger partial charge in [-0.05, 0) is 35.9 Å². The number of thioether (sulfide) groups is 1. The highest BCUT2D eigenvalue weighted by Gasteiger charge is 2.11. The van der Waals surface area contributed by atoms with Crippen molar-refractivity contribution in [1.82, 2.24) is 10.3 Å². The molecule has 0 radical (unpaired) electrons. The van der Waals surface area contributed by atoms with Gasteiger partial charge in [-0.2, -0.15) is 0 Å². The molecule has 168 valence electrons. The summed E-state index contributed by atoms with van der Waals surface area (Å²) in [4.78, 5) is 29.0. The molecule has 8 heteroatoms. The number of nitrogens with one attached hydrogen (secondary N) is 1. The number of amides is 1. The topological polar surface area (TPSA) is 77.5 Å². The van der Waals surface area contributed by atoms with Crippen LogP contribution in [0.4, 0.5) is 0 Å². The summed E-state index contributed by atoms with van der Waals surface area (Å²) in [7, 11) is 1.58. The molecule has 1 heterocycles. The van der Waals surface area contributed by atoms with Crippen molar-refractivity contribution < 1.29 is 19.1 Å². The number of aromatic nitrogens is 1. The van der Waals surface area contributed by atoms with E-state index in [-0.39, 0.29) is 12.5 Å². The molecule has 4 aromatic rings. The minimum Gasteiger partial charge on any atom is -0.496 e. The number of fused-ring (bicyclic) bond motifs is 1. The molecule has 0 aliphatic rings. The van der Waals surface area contributed by atoms with Gasteiger partial charge in [0.25, 0.3) is 5.91 Å². The highest BCUT2D eigenvalue weighted by atomic mass is 32.2. The van der Waals surface area contributed by atoms with E-state index in [9.17, 15) is 9.59 Å². The summed E-state index contributed by atoms with van der Waals surface area (Å²) in [6.45, 7) is -0.0510. The zero-order chi connectivity index (χ0) is 23.0. The lowest BCUT2D eigenvalue weighted by atomic mass is 10.1. The molecule has 0 bridgehead atoms. The van der Waals surface area contributed by atoms with Crippen LogP contribution in [0.5, 0.6) is 5.75 Å². The van der Waals surface area contributed by atoms with Crippen molar-refractivity contribution in [1.29, 1.82) is 0 Å². The summed E-state index contributed by atoms with van der Waals surface area (Å²) < 4.78 is 12.6. The number of hydrogen-bond acceptors (Lipinski definition) is 7. The molecule has 0 saturated carbocycles. The van der Waals surface area contributed by atoms with Crippen molar-refractivity contribution >= 4 is 45.2 Å². The number of hydrogen-bond donors (Lipinski definition) is 1. The van der Waals surface area contributed by atoms with Crippen LogP contribution in [0.2, 0.25) is 0 Å². The first-order chi connectivity index (χ1) is 16.1. The Morgan fingerprint density at radius 3 is 2.55 bits per heavy atom. The summed E-state index contributed by atoms with van der Waals surface area (Å²) >= 11 is 3.33. The van der Waals surface area contributed by atoms with Gasteiger partial charge in [-0.1, -0.05) is 54.2 Å². The Morgan fingerprint density at radius 2 is 1.76 bits per heavy atom. The van der Waals surface area contributed by atoms with Crippen LogP contribution in [-0.4, -0.2) is 30.6 Å². The van der Waals surface area contributed by atoms with E-state index in [4.69, 9.17) is 9.47 Å². The van der Waals surface area contributed by atoms with Crippen LogP contribution < -0.4 is 10.1 Å². The highest BCUT2D eigenvalue weighted by molar-refractivity contribution is 8.00. The van der Waals surface area contributed by atoms with Gasteiger partial charge >= 0.3 is 5.97 Å². The van der Waals surface area contributed by atoms with Gasteiger partial charge in [0.1, 0.15) is 5.75 Å². The highest BCUT2D eigenvalue weighted by Crippen LogP contribution is 2.31. The summed E-state index contributed by atoms with van der Waals surface area (Å²) in [5.41, 5.74) is 3.33. The lowest BCUT2D eigenvalue weighted by Gasteiger charge is -2.10. The third kappa shape index (κ3) is 6.12. The number of methoxy groups -OCH3 is 1. The molecule has 0 aliphatic carbocycles. The second kappa shape index (κ2) is 11.0. The number of benzene rings is 3. The number of rotatable bonds is 9. The van der Waals surface area contributed by atoms with Crippen LogP contribution in [0.15, 0.2) is 77.1 Å². The Bertz CT molecular complexity index is 1220. The number of nitrogens with zero attached hydrogens (tertiary/aromatic N) is 1. The molecule has 4 rings (SSSR count). The van der Waals surface area contributed by atoms with Gasteiger partial charge in [-0.3, -0.25) is 4.79 Å². The molecule has 0 aliphatic heterocycles. The molecule has 0 atom stereocenters. The number of para-hydroxylation sites is 2. The van der Waals surface area contributed by atoms with E-state index in [2.05, 4.69) is 16.4 Å². The fourth-order valence-corrected chi connectivity index (χ4v) is 5.13. The minimum absolute atomic E-state index is 0.293. The quantitative estimate of drug-likeness (QED) is 0.267. The molecule has 1 aromatic heterocycles. The SMILES string of the molecule is COc1ccccc1CNC(=O)COC(=O)c1ccc(CSc2nc3ccccc3s2)cc1. The second-order valence-electron chi connectivity index (χ2n) is 7.10. The van der Waals surface area contributed by atoms with Crippen molar-refractivity contribution in [2.75, 3.05) is 13.7 Å². The normalized spacial score (nSPS) is 10.7.